The first-order valence-corrected chi connectivity index (χ1v) is 9.23. The van der Waals surface area contributed by atoms with Crippen LogP contribution in [0.3, 0.4) is 0 Å². The first kappa shape index (κ1) is 29.1. The van der Waals surface area contributed by atoms with Gasteiger partial charge in [-0.15, -0.1) is 24.8 Å². The highest BCUT2D eigenvalue weighted by Crippen LogP contribution is 2.26. The highest BCUT2D eigenvalue weighted by molar-refractivity contribution is 9.10. The van der Waals surface area contributed by atoms with E-state index in [1.807, 2.05) is 46.8 Å². The van der Waals surface area contributed by atoms with Gasteiger partial charge in [0.1, 0.15) is 0 Å². The number of hydrogen-bond acceptors (Lipinski definition) is 3. The Hall–Kier alpha value is -1.11. The first-order valence-electron chi connectivity index (χ1n) is 8.06. The van der Waals surface area contributed by atoms with Gasteiger partial charge in [0, 0.05) is 10.0 Å². The third kappa shape index (κ3) is 8.10. The van der Waals surface area contributed by atoms with Gasteiger partial charge in [-0.3, -0.25) is 14.6 Å². The van der Waals surface area contributed by atoms with Crippen molar-refractivity contribution in [2.45, 2.75) is 40.2 Å². The number of halogens is 4. The Kier molecular flexibility index (Phi) is 12.9. The Morgan fingerprint density at radius 3 is 1.89 bits per heavy atom. The monoisotopic (exact) mass is 510 g/mol. The minimum Gasteiger partial charge on any atom is -0.276 e. The minimum absolute atomic E-state index is 0. The fourth-order valence-corrected chi connectivity index (χ4v) is 2.69. The van der Waals surface area contributed by atoms with Gasteiger partial charge in [0.2, 0.25) is 0 Å². The molecular formula is C20H26BrCl3N2O2. The molecular weight excluding hydrogens is 486 g/mol. The third-order valence-corrected chi connectivity index (χ3v) is 5.07. The van der Waals surface area contributed by atoms with Crippen LogP contribution in [0.1, 0.15) is 52.6 Å². The minimum atomic E-state index is -0.407. The average molecular weight is 513 g/mol. The Balaban J connectivity index is 0. The molecule has 2 rings (SSSR count). The zero-order valence-corrected chi connectivity index (χ0v) is 20.4. The summed E-state index contributed by atoms with van der Waals surface area (Å²) >= 11 is 8.63. The second kappa shape index (κ2) is 12.5. The van der Waals surface area contributed by atoms with E-state index in [9.17, 15) is 9.59 Å². The summed E-state index contributed by atoms with van der Waals surface area (Å²) in [4.78, 5) is 22.7. The molecule has 4 nitrogen and oxygen atoms in total. The third-order valence-electron chi connectivity index (χ3n) is 3.83. The molecule has 0 bridgehead atoms. The van der Waals surface area contributed by atoms with E-state index in [0.717, 1.165) is 15.6 Å². The molecule has 0 heterocycles. The molecule has 156 valence electrons. The van der Waals surface area contributed by atoms with E-state index < -0.39 is 10.8 Å². The van der Waals surface area contributed by atoms with E-state index in [-0.39, 0.29) is 30.7 Å². The van der Waals surface area contributed by atoms with Gasteiger partial charge in [-0.1, -0.05) is 36.4 Å². The first-order chi connectivity index (χ1) is 12.0. The molecule has 0 atom stereocenters. The molecule has 0 aliphatic rings. The molecule has 0 saturated heterocycles. The largest absolute Gasteiger partial charge is 0.276 e. The summed E-state index contributed by atoms with van der Waals surface area (Å²) < 4.78 is 0.821. The maximum Gasteiger partial charge on any atom is 0.269 e. The van der Waals surface area contributed by atoms with Gasteiger partial charge in [0.25, 0.3) is 11.1 Å². The number of hydrazine groups is 1. The quantitative estimate of drug-likeness (QED) is 0.229. The lowest BCUT2D eigenvalue weighted by Crippen LogP contribution is -2.50. The van der Waals surface area contributed by atoms with Crippen molar-refractivity contribution in [3.8, 4) is 0 Å². The molecule has 8 heteroatoms. The molecule has 0 saturated carbocycles. The van der Waals surface area contributed by atoms with Crippen molar-refractivity contribution in [1.29, 1.82) is 0 Å². The Morgan fingerprint density at radius 2 is 1.50 bits per heavy atom. The lowest BCUT2D eigenvalue weighted by atomic mass is 10.0. The number of carbonyl (C=O) groups is 2. The molecule has 0 aliphatic heterocycles. The van der Waals surface area contributed by atoms with Crippen LogP contribution in [-0.2, 0) is 0 Å². The average Bonchev–Trinajstić information content (AvgIpc) is 2.59. The van der Waals surface area contributed by atoms with E-state index in [4.69, 9.17) is 17.4 Å². The predicted octanol–water partition coefficient (Wildman–Crippen LogP) is 6.09. The molecule has 0 radical (unpaired) electrons. The van der Waals surface area contributed by atoms with Crippen LogP contribution < -0.4 is 5.84 Å². The van der Waals surface area contributed by atoms with Gasteiger partial charge in [-0.25, -0.2) is 5.84 Å². The van der Waals surface area contributed by atoms with Gasteiger partial charge in [-0.05, 0) is 79.3 Å². The number of nitrogens with zero attached hydrogens (tertiary/aromatic N) is 1. The summed E-state index contributed by atoms with van der Waals surface area (Å²) in [5.74, 6) is 5.67. The lowest BCUT2D eigenvalue weighted by molar-refractivity contribution is 0.0580. The SMILES string of the molecule is Cc1ccc(C(=O)N(N)C(C)(C)C)c(Br)c1C.Cl.Cl.O=C(Cl)c1ccccc1. The highest BCUT2D eigenvalue weighted by atomic mass is 79.9. The molecule has 0 aliphatic carbocycles. The Bertz CT molecular complexity index is 794. The van der Waals surface area contributed by atoms with Crippen LogP contribution >= 0.6 is 52.3 Å². The molecule has 2 N–H and O–H groups in total. The molecule has 0 aromatic heterocycles. The van der Waals surface area contributed by atoms with Crippen molar-refractivity contribution in [2.24, 2.45) is 5.84 Å². The molecule has 0 spiro atoms. The van der Waals surface area contributed by atoms with E-state index >= 15 is 0 Å². The maximum atomic E-state index is 12.2. The zero-order chi connectivity index (χ0) is 20.1. The smallest absolute Gasteiger partial charge is 0.269 e. The zero-order valence-electron chi connectivity index (χ0n) is 16.5. The summed E-state index contributed by atoms with van der Waals surface area (Å²) in [5, 5.41) is 0.859. The summed E-state index contributed by atoms with van der Waals surface area (Å²) in [7, 11) is 0. The number of amides is 1. The Labute approximate surface area is 192 Å². The van der Waals surface area contributed by atoms with Crippen molar-refractivity contribution in [3.05, 3.63) is 69.2 Å². The van der Waals surface area contributed by atoms with Crippen LogP contribution in [0.4, 0.5) is 0 Å². The van der Waals surface area contributed by atoms with Crippen molar-refractivity contribution in [1.82, 2.24) is 5.01 Å². The summed E-state index contributed by atoms with van der Waals surface area (Å²) in [5.41, 5.74) is 2.96. The molecule has 0 unspecified atom stereocenters. The standard InChI is InChI=1S/C13H19BrN2O.C7H5ClO.2ClH/c1-8-6-7-10(11(14)9(8)2)12(17)16(15)13(3,4)5;8-7(9)6-4-2-1-3-5-6;;/h6-7H,15H2,1-5H3;1-5H;2*1H. The molecule has 2 aromatic rings. The number of nitrogens with two attached hydrogens (primary N) is 1. The van der Waals surface area contributed by atoms with Crippen molar-refractivity contribution < 1.29 is 9.59 Å². The molecule has 1 amide bonds. The lowest BCUT2D eigenvalue weighted by Gasteiger charge is -2.31. The van der Waals surface area contributed by atoms with E-state index in [0.29, 0.717) is 11.1 Å². The summed E-state index contributed by atoms with van der Waals surface area (Å²) in [6.07, 6.45) is 0. The summed E-state index contributed by atoms with van der Waals surface area (Å²) in [6.45, 7) is 9.70. The van der Waals surface area contributed by atoms with Crippen molar-refractivity contribution in [3.63, 3.8) is 0 Å². The normalized spacial score (nSPS) is 9.86. The summed E-state index contributed by atoms with van der Waals surface area (Å²) in [6, 6.07) is 12.5. The van der Waals surface area contributed by atoms with Crippen LogP contribution in [-0.4, -0.2) is 21.7 Å². The van der Waals surface area contributed by atoms with Crippen molar-refractivity contribution >= 4 is 63.5 Å². The van der Waals surface area contributed by atoms with Crippen LogP contribution in [0.2, 0.25) is 0 Å². The van der Waals surface area contributed by atoms with E-state index in [2.05, 4.69) is 15.9 Å². The maximum absolute atomic E-state index is 12.2. The topological polar surface area (TPSA) is 63.4 Å². The Morgan fingerprint density at radius 1 is 1.00 bits per heavy atom. The highest BCUT2D eigenvalue weighted by Gasteiger charge is 2.26. The van der Waals surface area contributed by atoms with Crippen LogP contribution in [0, 0.1) is 13.8 Å². The van der Waals surface area contributed by atoms with Gasteiger partial charge < -0.3 is 0 Å². The van der Waals surface area contributed by atoms with Crippen molar-refractivity contribution in [2.75, 3.05) is 0 Å². The number of benzene rings is 2. The fourth-order valence-electron chi connectivity index (χ4n) is 1.95. The number of carbonyl (C=O) groups excluding carboxylic acids is 2. The molecule has 0 fully saturated rings. The number of rotatable bonds is 2. The van der Waals surface area contributed by atoms with Crippen LogP contribution in [0.25, 0.3) is 0 Å². The van der Waals surface area contributed by atoms with Gasteiger partial charge in [-0.2, -0.15) is 0 Å². The van der Waals surface area contributed by atoms with E-state index in [1.54, 1.807) is 30.3 Å². The van der Waals surface area contributed by atoms with Crippen LogP contribution in [0.15, 0.2) is 46.9 Å². The predicted molar refractivity (Wildman–Crippen MR) is 125 cm³/mol. The van der Waals surface area contributed by atoms with Crippen LogP contribution in [0.5, 0.6) is 0 Å². The molecule has 28 heavy (non-hydrogen) atoms. The van der Waals surface area contributed by atoms with Gasteiger partial charge in [0.15, 0.2) is 0 Å². The second-order valence-electron chi connectivity index (χ2n) is 6.85. The van der Waals surface area contributed by atoms with E-state index in [1.165, 1.54) is 5.01 Å². The number of aryl methyl sites for hydroxylation is 1. The molecule has 2 aromatic carbocycles. The second-order valence-corrected chi connectivity index (χ2v) is 7.99. The van der Waals surface area contributed by atoms with Gasteiger partial charge >= 0.3 is 0 Å². The van der Waals surface area contributed by atoms with Gasteiger partial charge in [0.05, 0.1) is 11.1 Å². The number of hydrogen-bond donors (Lipinski definition) is 1. The fraction of sp³-hybridized carbons (Fsp3) is 0.300.